The number of hydrogen-bond acceptors (Lipinski definition) is 5. The van der Waals surface area contributed by atoms with Crippen LogP contribution in [0.1, 0.15) is 16.3 Å². The largest absolute Gasteiger partial charge is 0.350 e. The summed E-state index contributed by atoms with van der Waals surface area (Å²) in [5.74, 6) is 0.484. The molecule has 2 aromatic heterocycles. The zero-order chi connectivity index (χ0) is 13.8. The Hall–Kier alpha value is -2.83. The minimum absolute atomic E-state index is 0.247. The number of nitrogens with zero attached hydrogens (tertiary/aromatic N) is 4. The first kappa shape index (κ1) is 12.2. The molecule has 3 rings (SSSR count). The van der Waals surface area contributed by atoms with Crippen molar-refractivity contribution in [2.75, 3.05) is 6.54 Å². The number of aromatic nitrogens is 5. The SMILES string of the molecule is O=C(NCCc1ncn[nH]1)c1cnc2ccccc2n1. The fraction of sp³-hybridized carbons (Fsp3) is 0.154. The molecule has 0 aliphatic heterocycles. The van der Waals surface area contributed by atoms with Crippen LogP contribution in [0.2, 0.25) is 0 Å². The lowest BCUT2D eigenvalue weighted by Gasteiger charge is -2.04. The first-order chi connectivity index (χ1) is 9.83. The number of amides is 1. The normalized spacial score (nSPS) is 10.6. The maximum atomic E-state index is 12.0. The lowest BCUT2D eigenvalue weighted by molar-refractivity contribution is 0.0949. The van der Waals surface area contributed by atoms with Crippen LogP contribution in [0.5, 0.6) is 0 Å². The van der Waals surface area contributed by atoms with Crippen LogP contribution in [0.3, 0.4) is 0 Å². The van der Waals surface area contributed by atoms with Crippen LogP contribution < -0.4 is 5.32 Å². The molecule has 0 unspecified atom stereocenters. The second kappa shape index (κ2) is 5.43. The van der Waals surface area contributed by atoms with Gasteiger partial charge in [-0.15, -0.1) is 0 Å². The third kappa shape index (κ3) is 2.61. The van der Waals surface area contributed by atoms with E-state index in [4.69, 9.17) is 0 Å². The van der Waals surface area contributed by atoms with Gasteiger partial charge in [-0.1, -0.05) is 12.1 Å². The molecular formula is C13H12N6O. The van der Waals surface area contributed by atoms with Crippen LogP contribution in [-0.2, 0) is 6.42 Å². The minimum Gasteiger partial charge on any atom is -0.350 e. The van der Waals surface area contributed by atoms with Gasteiger partial charge in [-0.25, -0.2) is 9.97 Å². The molecule has 20 heavy (non-hydrogen) atoms. The molecule has 0 radical (unpaired) electrons. The Morgan fingerprint density at radius 3 is 2.85 bits per heavy atom. The van der Waals surface area contributed by atoms with Gasteiger partial charge in [0.25, 0.3) is 5.91 Å². The summed E-state index contributed by atoms with van der Waals surface area (Å²) in [4.78, 5) is 24.4. The summed E-state index contributed by atoms with van der Waals surface area (Å²) in [6.07, 6.45) is 3.50. The van der Waals surface area contributed by atoms with Crippen molar-refractivity contribution in [2.45, 2.75) is 6.42 Å². The Balaban J connectivity index is 1.66. The van der Waals surface area contributed by atoms with Crippen LogP contribution >= 0.6 is 0 Å². The van der Waals surface area contributed by atoms with Crippen LogP contribution in [0.15, 0.2) is 36.8 Å². The maximum Gasteiger partial charge on any atom is 0.271 e. The van der Waals surface area contributed by atoms with Gasteiger partial charge in [-0.05, 0) is 12.1 Å². The molecule has 0 aliphatic carbocycles. The Bertz CT molecular complexity index is 725. The van der Waals surface area contributed by atoms with Crippen molar-refractivity contribution in [3.8, 4) is 0 Å². The van der Waals surface area contributed by atoms with Crippen LogP contribution in [0.25, 0.3) is 11.0 Å². The third-order valence-electron chi connectivity index (χ3n) is 2.79. The van der Waals surface area contributed by atoms with Gasteiger partial charge in [0.05, 0.1) is 17.2 Å². The van der Waals surface area contributed by atoms with Crippen LogP contribution in [0.4, 0.5) is 0 Å². The summed E-state index contributed by atoms with van der Waals surface area (Å²) in [5.41, 5.74) is 1.78. The third-order valence-corrected chi connectivity index (χ3v) is 2.79. The number of carbonyl (C=O) groups excluding carboxylic acids is 1. The van der Waals surface area contributed by atoms with E-state index in [2.05, 4.69) is 30.5 Å². The molecule has 2 N–H and O–H groups in total. The second-order valence-corrected chi connectivity index (χ2v) is 4.18. The molecule has 100 valence electrons. The summed E-state index contributed by atoms with van der Waals surface area (Å²) in [6.45, 7) is 0.461. The monoisotopic (exact) mass is 268 g/mol. The van der Waals surface area contributed by atoms with E-state index in [1.165, 1.54) is 12.5 Å². The quantitative estimate of drug-likeness (QED) is 0.726. The van der Waals surface area contributed by atoms with Gasteiger partial charge in [-0.2, -0.15) is 5.10 Å². The van der Waals surface area contributed by atoms with Crippen LogP contribution in [0, 0.1) is 0 Å². The van der Waals surface area contributed by atoms with E-state index in [1.807, 2.05) is 24.3 Å². The molecule has 1 amide bonds. The zero-order valence-electron chi connectivity index (χ0n) is 10.6. The number of benzene rings is 1. The number of fused-ring (bicyclic) bond motifs is 1. The highest BCUT2D eigenvalue weighted by molar-refractivity contribution is 5.93. The summed E-state index contributed by atoms with van der Waals surface area (Å²) in [6, 6.07) is 7.43. The molecule has 0 spiro atoms. The summed E-state index contributed by atoms with van der Waals surface area (Å²) >= 11 is 0. The van der Waals surface area contributed by atoms with E-state index in [-0.39, 0.29) is 5.91 Å². The van der Waals surface area contributed by atoms with E-state index in [0.717, 1.165) is 11.3 Å². The van der Waals surface area contributed by atoms with Gasteiger partial charge in [-0.3, -0.25) is 14.9 Å². The predicted octanol–water partition coefficient (Wildman–Crippen LogP) is 0.720. The highest BCUT2D eigenvalue weighted by Gasteiger charge is 2.08. The van der Waals surface area contributed by atoms with Crippen molar-refractivity contribution in [3.05, 3.63) is 48.3 Å². The van der Waals surface area contributed by atoms with E-state index in [1.54, 1.807) is 0 Å². The molecule has 0 bridgehead atoms. The first-order valence-corrected chi connectivity index (χ1v) is 6.17. The van der Waals surface area contributed by atoms with Crippen molar-refractivity contribution < 1.29 is 4.79 Å². The molecule has 0 saturated carbocycles. The maximum absolute atomic E-state index is 12.0. The molecule has 2 heterocycles. The zero-order valence-corrected chi connectivity index (χ0v) is 10.6. The summed E-state index contributed by atoms with van der Waals surface area (Å²) in [7, 11) is 0. The van der Waals surface area contributed by atoms with Crippen molar-refractivity contribution in [1.29, 1.82) is 0 Å². The van der Waals surface area contributed by atoms with E-state index in [9.17, 15) is 4.79 Å². The highest BCUT2D eigenvalue weighted by Crippen LogP contribution is 2.08. The van der Waals surface area contributed by atoms with Gasteiger partial charge in [0.15, 0.2) is 0 Å². The molecule has 7 nitrogen and oxygen atoms in total. The lowest BCUT2D eigenvalue weighted by Crippen LogP contribution is -2.27. The number of H-pyrrole nitrogens is 1. The minimum atomic E-state index is -0.247. The number of nitrogens with one attached hydrogen (secondary N) is 2. The van der Waals surface area contributed by atoms with Crippen molar-refractivity contribution in [2.24, 2.45) is 0 Å². The smallest absolute Gasteiger partial charge is 0.271 e. The molecule has 3 aromatic rings. The Morgan fingerprint density at radius 1 is 1.20 bits per heavy atom. The molecule has 0 atom stereocenters. The summed E-state index contributed by atoms with van der Waals surface area (Å²) < 4.78 is 0. The standard InChI is InChI=1S/C13H12N6O/c20-13(14-6-5-12-16-8-17-19-12)11-7-15-9-3-1-2-4-10(9)18-11/h1-4,7-8H,5-6H2,(H,14,20)(H,16,17,19). The average Bonchev–Trinajstić information content (AvgIpc) is 3.00. The molecule has 0 aliphatic rings. The van der Waals surface area contributed by atoms with Gasteiger partial charge in [0, 0.05) is 13.0 Å². The van der Waals surface area contributed by atoms with Gasteiger partial charge in [0.1, 0.15) is 17.8 Å². The molecule has 1 aromatic carbocycles. The van der Waals surface area contributed by atoms with Crippen molar-refractivity contribution in [3.63, 3.8) is 0 Å². The number of rotatable bonds is 4. The van der Waals surface area contributed by atoms with E-state index in [0.29, 0.717) is 24.2 Å². The molecular weight excluding hydrogens is 256 g/mol. The Kier molecular flexibility index (Phi) is 3.32. The Morgan fingerprint density at radius 2 is 2.05 bits per heavy atom. The average molecular weight is 268 g/mol. The second-order valence-electron chi connectivity index (χ2n) is 4.18. The fourth-order valence-electron chi connectivity index (χ4n) is 1.80. The topological polar surface area (TPSA) is 96.5 Å². The van der Waals surface area contributed by atoms with E-state index >= 15 is 0 Å². The number of aromatic amines is 1. The van der Waals surface area contributed by atoms with Gasteiger partial charge < -0.3 is 5.32 Å². The van der Waals surface area contributed by atoms with Crippen molar-refractivity contribution >= 4 is 16.9 Å². The van der Waals surface area contributed by atoms with Gasteiger partial charge >= 0.3 is 0 Å². The lowest BCUT2D eigenvalue weighted by atomic mass is 10.3. The molecule has 0 fully saturated rings. The Labute approximate surface area is 114 Å². The summed E-state index contributed by atoms with van der Waals surface area (Å²) in [5, 5.41) is 9.25. The number of para-hydroxylation sites is 2. The van der Waals surface area contributed by atoms with Crippen molar-refractivity contribution in [1.82, 2.24) is 30.5 Å². The highest BCUT2D eigenvalue weighted by atomic mass is 16.1. The molecule has 7 heteroatoms. The number of carbonyl (C=O) groups is 1. The predicted molar refractivity (Wildman–Crippen MR) is 72.0 cm³/mol. The van der Waals surface area contributed by atoms with Crippen LogP contribution in [-0.4, -0.2) is 37.6 Å². The molecule has 0 saturated heterocycles. The fourth-order valence-corrected chi connectivity index (χ4v) is 1.80. The van der Waals surface area contributed by atoms with Gasteiger partial charge in [0.2, 0.25) is 0 Å². The van der Waals surface area contributed by atoms with E-state index < -0.39 is 0 Å². The number of hydrogen-bond donors (Lipinski definition) is 2. The first-order valence-electron chi connectivity index (χ1n) is 6.17.